The highest BCUT2D eigenvalue weighted by Crippen LogP contribution is 2.53. The summed E-state index contributed by atoms with van der Waals surface area (Å²) in [5.41, 5.74) is 12.6. The van der Waals surface area contributed by atoms with Crippen LogP contribution in [0.3, 0.4) is 0 Å². The molecule has 260 valence electrons. The van der Waals surface area contributed by atoms with Crippen LogP contribution in [0.5, 0.6) is 0 Å². The van der Waals surface area contributed by atoms with E-state index in [0.717, 1.165) is 61.0 Å². The van der Waals surface area contributed by atoms with Crippen molar-refractivity contribution in [1.82, 2.24) is 29.1 Å². The second-order valence-corrected chi connectivity index (χ2v) is 14.7. The second kappa shape index (κ2) is 11.9. The molecule has 3 heterocycles. The third kappa shape index (κ3) is 4.68. The lowest BCUT2D eigenvalue weighted by atomic mass is 9.81. The standard InChI is InChI=1S/C49H34N6/c1-49(2)39-26-16-15-25-35(39)36-27-28-37-38-29-30-40-42(50-47(33-21-11-5-12-22-33)54(40)34-23-13-6-14-24-34)44(38)55(43(37)41(36)49)48-52-45(31-17-7-3-8-18-31)51-46(53-48)32-19-9-4-10-20-32/h3-30H,1-2H3. The van der Waals surface area contributed by atoms with Crippen molar-refractivity contribution in [2.45, 2.75) is 19.3 Å². The Labute approximate surface area is 318 Å². The fraction of sp³-hybridized carbons (Fsp3) is 0.0612. The van der Waals surface area contributed by atoms with Crippen molar-refractivity contribution in [3.8, 4) is 56.9 Å². The van der Waals surface area contributed by atoms with Crippen LogP contribution in [0, 0.1) is 0 Å². The van der Waals surface area contributed by atoms with Crippen molar-refractivity contribution >= 4 is 32.8 Å². The molecule has 0 atom stereocenters. The molecule has 0 amide bonds. The van der Waals surface area contributed by atoms with E-state index in [-0.39, 0.29) is 5.41 Å². The van der Waals surface area contributed by atoms with E-state index in [4.69, 9.17) is 19.9 Å². The number of fused-ring (bicyclic) bond motifs is 9. The molecule has 11 rings (SSSR count). The number of imidazole rings is 1. The van der Waals surface area contributed by atoms with Crippen LogP contribution in [0.25, 0.3) is 89.8 Å². The van der Waals surface area contributed by atoms with Gasteiger partial charge < -0.3 is 0 Å². The number of hydrogen-bond donors (Lipinski definition) is 0. The van der Waals surface area contributed by atoms with E-state index < -0.39 is 0 Å². The van der Waals surface area contributed by atoms with Gasteiger partial charge in [-0.3, -0.25) is 9.13 Å². The number of benzene rings is 7. The zero-order valence-electron chi connectivity index (χ0n) is 30.3. The van der Waals surface area contributed by atoms with E-state index in [1.165, 1.54) is 22.3 Å². The average Bonchev–Trinajstić information content (AvgIpc) is 3.88. The van der Waals surface area contributed by atoms with Gasteiger partial charge in [-0.2, -0.15) is 9.97 Å². The summed E-state index contributed by atoms with van der Waals surface area (Å²) in [5.74, 6) is 2.65. The summed E-state index contributed by atoms with van der Waals surface area (Å²) in [6.45, 7) is 4.68. The maximum atomic E-state index is 5.57. The molecule has 7 aromatic carbocycles. The summed E-state index contributed by atoms with van der Waals surface area (Å²) in [6, 6.07) is 59.2. The third-order valence-corrected chi connectivity index (χ3v) is 11.2. The molecule has 0 bridgehead atoms. The molecular weight excluding hydrogens is 673 g/mol. The molecule has 0 saturated carbocycles. The van der Waals surface area contributed by atoms with Crippen molar-refractivity contribution in [2.24, 2.45) is 0 Å². The first kappa shape index (κ1) is 31.4. The number of para-hydroxylation sites is 1. The third-order valence-electron chi connectivity index (χ3n) is 11.2. The monoisotopic (exact) mass is 706 g/mol. The van der Waals surface area contributed by atoms with Gasteiger partial charge in [-0.05, 0) is 46.5 Å². The lowest BCUT2D eigenvalue weighted by Gasteiger charge is -2.23. The highest BCUT2D eigenvalue weighted by Gasteiger charge is 2.39. The summed E-state index contributed by atoms with van der Waals surface area (Å²) in [7, 11) is 0. The van der Waals surface area contributed by atoms with E-state index in [1.54, 1.807) is 0 Å². The molecule has 55 heavy (non-hydrogen) atoms. The van der Waals surface area contributed by atoms with Gasteiger partial charge in [0.05, 0.1) is 16.6 Å². The Bertz CT molecular complexity index is 3030. The summed E-state index contributed by atoms with van der Waals surface area (Å²) in [5, 5.41) is 2.23. The zero-order chi connectivity index (χ0) is 36.7. The Morgan fingerprint density at radius 1 is 0.436 bits per heavy atom. The molecule has 3 aromatic heterocycles. The van der Waals surface area contributed by atoms with Crippen LogP contribution in [-0.4, -0.2) is 29.1 Å². The quantitative estimate of drug-likeness (QED) is 0.179. The first-order chi connectivity index (χ1) is 27.1. The molecule has 10 aromatic rings. The van der Waals surface area contributed by atoms with E-state index in [0.29, 0.717) is 17.6 Å². The molecule has 1 aliphatic rings. The minimum Gasteiger partial charge on any atom is -0.292 e. The predicted molar refractivity (Wildman–Crippen MR) is 223 cm³/mol. The molecule has 0 aliphatic heterocycles. The SMILES string of the molecule is CC1(C)c2ccccc2-c2ccc3c4ccc5c(nc(-c6ccccc6)n5-c5ccccc5)c4n(-c4nc(-c5ccccc5)nc(-c5ccccc5)n4)c3c21. The second-order valence-electron chi connectivity index (χ2n) is 14.7. The number of hydrogen-bond acceptors (Lipinski definition) is 4. The highest BCUT2D eigenvalue weighted by molar-refractivity contribution is 6.19. The van der Waals surface area contributed by atoms with Gasteiger partial charge in [0.15, 0.2) is 11.6 Å². The molecule has 0 fully saturated rings. The molecule has 1 aliphatic carbocycles. The maximum absolute atomic E-state index is 5.57. The first-order valence-corrected chi connectivity index (χ1v) is 18.7. The van der Waals surface area contributed by atoms with Gasteiger partial charge in [0.25, 0.3) is 0 Å². The van der Waals surface area contributed by atoms with Gasteiger partial charge >= 0.3 is 0 Å². The topological polar surface area (TPSA) is 61.4 Å². The number of rotatable bonds is 5. The van der Waals surface area contributed by atoms with Crippen LogP contribution < -0.4 is 0 Å². The summed E-state index contributed by atoms with van der Waals surface area (Å²) >= 11 is 0. The molecule has 0 unspecified atom stereocenters. The molecule has 6 heteroatoms. The van der Waals surface area contributed by atoms with Crippen molar-refractivity contribution in [1.29, 1.82) is 0 Å². The summed E-state index contributed by atoms with van der Waals surface area (Å²) < 4.78 is 4.56. The Balaban J connectivity index is 1.34. The van der Waals surface area contributed by atoms with Gasteiger partial charge in [-0.1, -0.05) is 159 Å². The van der Waals surface area contributed by atoms with Crippen LogP contribution in [-0.2, 0) is 5.41 Å². The van der Waals surface area contributed by atoms with Crippen LogP contribution >= 0.6 is 0 Å². The lowest BCUT2D eigenvalue weighted by Crippen LogP contribution is -2.17. The smallest absolute Gasteiger partial charge is 0.238 e. The zero-order valence-corrected chi connectivity index (χ0v) is 30.3. The average molecular weight is 707 g/mol. The Hall–Kier alpha value is -7.18. The van der Waals surface area contributed by atoms with Gasteiger partial charge in [0, 0.05) is 38.6 Å². The maximum Gasteiger partial charge on any atom is 0.238 e. The minimum absolute atomic E-state index is 0.299. The van der Waals surface area contributed by atoms with E-state index in [1.807, 2.05) is 42.5 Å². The van der Waals surface area contributed by atoms with Gasteiger partial charge in [0.1, 0.15) is 11.3 Å². The molecule has 0 N–H and O–H groups in total. The predicted octanol–water partition coefficient (Wildman–Crippen LogP) is 11.6. The van der Waals surface area contributed by atoms with Crippen molar-refractivity contribution in [3.05, 3.63) is 181 Å². The largest absolute Gasteiger partial charge is 0.292 e. The van der Waals surface area contributed by atoms with Gasteiger partial charge in [-0.25, -0.2) is 9.97 Å². The van der Waals surface area contributed by atoms with Crippen LogP contribution in [0.2, 0.25) is 0 Å². The fourth-order valence-electron chi connectivity index (χ4n) is 8.70. The normalized spacial score (nSPS) is 13.1. The van der Waals surface area contributed by atoms with Crippen molar-refractivity contribution in [2.75, 3.05) is 0 Å². The van der Waals surface area contributed by atoms with Crippen molar-refractivity contribution in [3.63, 3.8) is 0 Å². The van der Waals surface area contributed by atoms with Crippen LogP contribution in [0.15, 0.2) is 170 Å². The van der Waals surface area contributed by atoms with Crippen LogP contribution in [0.1, 0.15) is 25.0 Å². The fourth-order valence-corrected chi connectivity index (χ4v) is 8.70. The van der Waals surface area contributed by atoms with E-state index in [9.17, 15) is 0 Å². The minimum atomic E-state index is -0.299. The molecule has 0 saturated heterocycles. The van der Waals surface area contributed by atoms with Crippen LogP contribution in [0.4, 0.5) is 0 Å². The highest BCUT2D eigenvalue weighted by atomic mass is 15.2. The molecular formula is C49H34N6. The Morgan fingerprint density at radius 2 is 0.982 bits per heavy atom. The van der Waals surface area contributed by atoms with Gasteiger partial charge in [0.2, 0.25) is 5.95 Å². The summed E-state index contributed by atoms with van der Waals surface area (Å²) in [6.07, 6.45) is 0. The Kier molecular flexibility index (Phi) is 6.79. The van der Waals surface area contributed by atoms with Gasteiger partial charge in [-0.15, -0.1) is 0 Å². The molecule has 6 nitrogen and oxygen atoms in total. The number of aromatic nitrogens is 6. The molecule has 0 spiro atoms. The first-order valence-electron chi connectivity index (χ1n) is 18.7. The molecule has 0 radical (unpaired) electrons. The van der Waals surface area contributed by atoms with E-state index >= 15 is 0 Å². The Morgan fingerprint density at radius 3 is 1.64 bits per heavy atom. The lowest BCUT2D eigenvalue weighted by molar-refractivity contribution is 0.663. The summed E-state index contributed by atoms with van der Waals surface area (Å²) in [4.78, 5) is 21.4. The van der Waals surface area contributed by atoms with E-state index in [2.05, 4.69) is 150 Å². The number of nitrogens with zero attached hydrogens (tertiary/aromatic N) is 6. The van der Waals surface area contributed by atoms with Crippen molar-refractivity contribution < 1.29 is 0 Å².